The van der Waals surface area contributed by atoms with Crippen molar-refractivity contribution in [1.29, 1.82) is 0 Å². The van der Waals surface area contributed by atoms with E-state index in [0.717, 1.165) is 5.56 Å². The summed E-state index contributed by atoms with van der Waals surface area (Å²) in [7, 11) is 3.13. The van der Waals surface area contributed by atoms with E-state index in [2.05, 4.69) is 5.32 Å². The number of aliphatic hydroxyl groups is 1. The molecule has 0 amide bonds. The van der Waals surface area contributed by atoms with Crippen LogP contribution < -0.4 is 14.8 Å². The maximum atomic E-state index is 8.56. The van der Waals surface area contributed by atoms with Crippen molar-refractivity contribution in [2.45, 2.75) is 6.54 Å². The van der Waals surface area contributed by atoms with Crippen LogP contribution in [0.1, 0.15) is 5.56 Å². The van der Waals surface area contributed by atoms with E-state index in [9.17, 15) is 0 Å². The predicted octanol–water partition coefficient (Wildman–Crippen LogP) is 1.46. The van der Waals surface area contributed by atoms with E-state index in [4.69, 9.17) is 30.9 Å². The summed E-state index contributed by atoms with van der Waals surface area (Å²) in [6, 6.07) is 3.72. The fourth-order valence-corrected chi connectivity index (χ4v) is 1.90. The third-order valence-corrected chi connectivity index (χ3v) is 2.95. The second kappa shape index (κ2) is 8.98. The predicted molar refractivity (Wildman–Crippen MR) is 74.2 cm³/mol. The molecular formula is C13H20ClNO4. The fourth-order valence-electron chi connectivity index (χ4n) is 1.60. The van der Waals surface area contributed by atoms with E-state index in [-0.39, 0.29) is 6.61 Å². The lowest BCUT2D eigenvalue weighted by Gasteiger charge is -2.13. The number of ether oxygens (including phenoxy) is 3. The highest BCUT2D eigenvalue weighted by Crippen LogP contribution is 2.37. The molecule has 6 heteroatoms. The smallest absolute Gasteiger partial charge is 0.179 e. The van der Waals surface area contributed by atoms with Gasteiger partial charge >= 0.3 is 0 Å². The molecule has 0 aliphatic carbocycles. The normalized spacial score (nSPS) is 10.5. The first-order valence-corrected chi connectivity index (χ1v) is 6.41. The molecule has 0 saturated heterocycles. The molecule has 0 unspecified atom stereocenters. The average Bonchev–Trinajstić information content (AvgIpc) is 2.43. The van der Waals surface area contributed by atoms with Gasteiger partial charge in [-0.05, 0) is 11.6 Å². The third-order valence-electron chi connectivity index (χ3n) is 2.54. The van der Waals surface area contributed by atoms with Crippen LogP contribution in [-0.2, 0) is 11.3 Å². The Morgan fingerprint density at radius 3 is 2.63 bits per heavy atom. The van der Waals surface area contributed by atoms with Crippen LogP contribution in [0, 0.1) is 0 Å². The number of hydrogen-bond donors (Lipinski definition) is 2. The molecule has 0 atom stereocenters. The second-order valence-electron chi connectivity index (χ2n) is 3.79. The Morgan fingerprint density at radius 2 is 2.00 bits per heavy atom. The third kappa shape index (κ3) is 4.87. The van der Waals surface area contributed by atoms with Crippen LogP contribution in [-0.4, -0.2) is 45.7 Å². The zero-order valence-corrected chi connectivity index (χ0v) is 12.0. The average molecular weight is 290 g/mol. The van der Waals surface area contributed by atoms with Gasteiger partial charge in [0.05, 0.1) is 39.1 Å². The first-order chi connectivity index (χ1) is 9.24. The van der Waals surface area contributed by atoms with Gasteiger partial charge in [-0.25, -0.2) is 0 Å². The van der Waals surface area contributed by atoms with Gasteiger partial charge in [0.25, 0.3) is 0 Å². The minimum atomic E-state index is 0.0432. The summed E-state index contributed by atoms with van der Waals surface area (Å²) in [5.74, 6) is 1.16. The standard InChI is InChI=1S/C13H20ClNO4/c1-17-11-4-3-10(12(14)13(11)18-2)9-15-5-7-19-8-6-16/h3-4,15-16H,5-9H2,1-2H3. The summed E-state index contributed by atoms with van der Waals surface area (Å²) in [5, 5.41) is 12.3. The van der Waals surface area contributed by atoms with Gasteiger partial charge in [-0.15, -0.1) is 0 Å². The number of methoxy groups -OCH3 is 2. The Balaban J connectivity index is 2.50. The first-order valence-electron chi connectivity index (χ1n) is 6.03. The largest absolute Gasteiger partial charge is 0.493 e. The van der Waals surface area contributed by atoms with E-state index >= 15 is 0 Å². The van der Waals surface area contributed by atoms with Crippen LogP contribution in [0.5, 0.6) is 11.5 Å². The molecule has 0 aliphatic rings. The molecule has 5 nitrogen and oxygen atoms in total. The van der Waals surface area contributed by atoms with Crippen molar-refractivity contribution in [2.24, 2.45) is 0 Å². The van der Waals surface area contributed by atoms with Crippen molar-refractivity contribution in [1.82, 2.24) is 5.32 Å². The maximum absolute atomic E-state index is 8.56. The fraction of sp³-hybridized carbons (Fsp3) is 0.538. The summed E-state index contributed by atoms with van der Waals surface area (Å²) < 4.78 is 15.5. The number of nitrogens with one attached hydrogen (secondary N) is 1. The minimum absolute atomic E-state index is 0.0432. The van der Waals surface area contributed by atoms with Crippen LogP contribution in [0.3, 0.4) is 0 Å². The van der Waals surface area contributed by atoms with E-state index in [1.807, 2.05) is 12.1 Å². The van der Waals surface area contributed by atoms with Crippen molar-refractivity contribution in [3.8, 4) is 11.5 Å². The van der Waals surface area contributed by atoms with E-state index < -0.39 is 0 Å². The molecule has 0 saturated carbocycles. The SMILES string of the molecule is COc1ccc(CNCCOCCO)c(Cl)c1OC. The molecule has 0 aromatic heterocycles. The zero-order valence-electron chi connectivity index (χ0n) is 11.2. The van der Waals surface area contributed by atoms with Gasteiger partial charge in [0, 0.05) is 13.1 Å². The van der Waals surface area contributed by atoms with Crippen LogP contribution >= 0.6 is 11.6 Å². The Morgan fingerprint density at radius 1 is 1.21 bits per heavy atom. The molecule has 0 aliphatic heterocycles. The summed E-state index contributed by atoms with van der Waals surface area (Å²) in [5.41, 5.74) is 0.932. The first kappa shape index (κ1) is 16.0. The highest BCUT2D eigenvalue weighted by atomic mass is 35.5. The molecule has 1 aromatic rings. The molecule has 0 spiro atoms. The van der Waals surface area contributed by atoms with E-state index in [1.165, 1.54) is 0 Å². The van der Waals surface area contributed by atoms with Crippen molar-refractivity contribution in [3.63, 3.8) is 0 Å². The van der Waals surface area contributed by atoms with E-state index in [1.54, 1.807) is 14.2 Å². The molecule has 19 heavy (non-hydrogen) atoms. The van der Waals surface area contributed by atoms with Gasteiger partial charge in [0.15, 0.2) is 11.5 Å². The molecule has 1 rings (SSSR count). The summed E-state index contributed by atoms with van der Waals surface area (Å²) >= 11 is 6.25. The Kier molecular flexibility index (Phi) is 7.59. The number of halogens is 1. The van der Waals surface area contributed by atoms with Crippen LogP contribution in [0.15, 0.2) is 12.1 Å². The van der Waals surface area contributed by atoms with Crippen LogP contribution in [0.2, 0.25) is 5.02 Å². The highest BCUT2D eigenvalue weighted by molar-refractivity contribution is 6.33. The van der Waals surface area contributed by atoms with Gasteiger partial charge in [0.1, 0.15) is 0 Å². The molecule has 0 heterocycles. The molecular weight excluding hydrogens is 270 g/mol. The lowest BCUT2D eigenvalue weighted by molar-refractivity contribution is 0.0938. The number of rotatable bonds is 9. The van der Waals surface area contributed by atoms with Gasteiger partial charge < -0.3 is 24.6 Å². The summed E-state index contributed by atoms with van der Waals surface area (Å²) in [6.45, 7) is 2.25. The molecule has 1 aromatic carbocycles. The maximum Gasteiger partial charge on any atom is 0.179 e. The minimum Gasteiger partial charge on any atom is -0.493 e. The van der Waals surface area contributed by atoms with Crippen molar-refractivity contribution in [2.75, 3.05) is 40.6 Å². The number of benzene rings is 1. The Labute approximate surface area is 118 Å². The molecule has 2 N–H and O–H groups in total. The topological polar surface area (TPSA) is 60.0 Å². The van der Waals surface area contributed by atoms with Crippen LogP contribution in [0.4, 0.5) is 0 Å². The molecule has 0 bridgehead atoms. The van der Waals surface area contributed by atoms with Gasteiger partial charge in [0.2, 0.25) is 0 Å². The molecule has 0 fully saturated rings. The lowest BCUT2D eigenvalue weighted by Crippen LogP contribution is -2.20. The highest BCUT2D eigenvalue weighted by Gasteiger charge is 2.12. The molecule has 108 valence electrons. The lowest BCUT2D eigenvalue weighted by atomic mass is 10.2. The summed E-state index contributed by atoms with van der Waals surface area (Å²) in [4.78, 5) is 0. The molecule has 0 radical (unpaired) electrons. The van der Waals surface area contributed by atoms with E-state index in [0.29, 0.717) is 42.8 Å². The number of aliphatic hydroxyl groups excluding tert-OH is 1. The van der Waals surface area contributed by atoms with Crippen molar-refractivity contribution < 1.29 is 19.3 Å². The quantitative estimate of drug-likeness (QED) is 0.674. The Hall–Kier alpha value is -1.01. The van der Waals surface area contributed by atoms with Gasteiger partial charge in [-0.3, -0.25) is 0 Å². The Bertz CT molecular complexity index is 387. The second-order valence-corrected chi connectivity index (χ2v) is 4.16. The van der Waals surface area contributed by atoms with Crippen molar-refractivity contribution >= 4 is 11.6 Å². The van der Waals surface area contributed by atoms with Crippen LogP contribution in [0.25, 0.3) is 0 Å². The monoisotopic (exact) mass is 289 g/mol. The van der Waals surface area contributed by atoms with Crippen molar-refractivity contribution in [3.05, 3.63) is 22.7 Å². The van der Waals surface area contributed by atoms with Gasteiger partial charge in [-0.2, -0.15) is 0 Å². The summed E-state index contributed by atoms with van der Waals surface area (Å²) in [6.07, 6.45) is 0. The zero-order chi connectivity index (χ0) is 14.1. The number of hydrogen-bond acceptors (Lipinski definition) is 5. The van der Waals surface area contributed by atoms with Gasteiger partial charge in [-0.1, -0.05) is 17.7 Å².